The molecule has 4 rings (SSSR count). The van der Waals surface area contributed by atoms with Gasteiger partial charge in [0.15, 0.2) is 11.5 Å². The molecule has 1 aliphatic rings. The van der Waals surface area contributed by atoms with E-state index in [1.165, 1.54) is 11.3 Å². The lowest BCUT2D eigenvalue weighted by Gasteiger charge is -2.33. The Kier molecular flexibility index (Phi) is 5.75. The number of fused-ring (bicyclic) bond motifs is 1. The van der Waals surface area contributed by atoms with Gasteiger partial charge in [-0.3, -0.25) is 0 Å². The Hall–Kier alpha value is -2.89. The molecule has 0 atom stereocenters. The van der Waals surface area contributed by atoms with Crippen molar-refractivity contribution in [1.29, 1.82) is 0 Å². The lowest BCUT2D eigenvalue weighted by Crippen LogP contribution is -2.45. The van der Waals surface area contributed by atoms with Crippen LogP contribution in [0.4, 0.5) is 10.8 Å². The zero-order valence-corrected chi connectivity index (χ0v) is 18.5. The molecular formula is C22H25N5O2S. The van der Waals surface area contributed by atoms with Crippen LogP contribution in [0.3, 0.4) is 0 Å². The number of benzene rings is 1. The average molecular weight is 424 g/mol. The highest BCUT2D eigenvalue weighted by molar-refractivity contribution is 7.22. The molecule has 0 unspecified atom stereocenters. The van der Waals surface area contributed by atoms with Crippen LogP contribution in [0.1, 0.15) is 17.0 Å². The standard InChI is InChI=1S/C22H25N5O2S/c1-14-19-20(27-10-8-26(3)9-11-27)24-18(25-22(19)30-21(14)23-2)13-15-6-7-16(28-4)17(12-15)29-5/h6-7,12H,8-11,13H2,1,3-5H3. The van der Waals surface area contributed by atoms with Gasteiger partial charge in [-0.1, -0.05) is 6.07 Å². The molecule has 1 aliphatic heterocycles. The third-order valence-electron chi connectivity index (χ3n) is 5.51. The van der Waals surface area contributed by atoms with Crippen molar-refractivity contribution in [3.05, 3.63) is 46.6 Å². The molecule has 0 bridgehead atoms. The van der Waals surface area contributed by atoms with Crippen molar-refractivity contribution < 1.29 is 9.47 Å². The molecular weight excluding hydrogens is 398 g/mol. The molecule has 3 aromatic rings. The maximum atomic E-state index is 7.52. The quantitative estimate of drug-likeness (QED) is 0.580. The van der Waals surface area contributed by atoms with E-state index in [1.807, 2.05) is 25.1 Å². The van der Waals surface area contributed by atoms with E-state index in [0.29, 0.717) is 22.9 Å². The number of hydrogen-bond donors (Lipinski definition) is 0. The van der Waals surface area contributed by atoms with E-state index in [2.05, 4.69) is 21.7 Å². The maximum absolute atomic E-state index is 7.52. The van der Waals surface area contributed by atoms with Gasteiger partial charge < -0.3 is 19.3 Å². The minimum absolute atomic E-state index is 0.585. The van der Waals surface area contributed by atoms with E-state index in [9.17, 15) is 0 Å². The van der Waals surface area contributed by atoms with Crippen LogP contribution < -0.4 is 14.4 Å². The van der Waals surface area contributed by atoms with Crippen LogP contribution >= 0.6 is 11.3 Å². The highest BCUT2D eigenvalue weighted by Gasteiger charge is 2.23. The number of nitrogens with zero attached hydrogens (tertiary/aromatic N) is 5. The lowest BCUT2D eigenvalue weighted by atomic mass is 10.1. The molecule has 1 fully saturated rings. The first kappa shape index (κ1) is 20.4. The first-order valence-electron chi connectivity index (χ1n) is 9.86. The number of aryl methyl sites for hydroxylation is 1. The molecule has 0 radical (unpaired) electrons. The van der Waals surface area contributed by atoms with Crippen LogP contribution in [0.25, 0.3) is 15.1 Å². The van der Waals surface area contributed by atoms with Crippen molar-refractivity contribution in [3.8, 4) is 11.5 Å². The lowest BCUT2D eigenvalue weighted by molar-refractivity contribution is 0.312. The summed E-state index contributed by atoms with van der Waals surface area (Å²) in [5.74, 6) is 3.10. The molecule has 0 aliphatic carbocycles. The summed E-state index contributed by atoms with van der Waals surface area (Å²) in [5, 5.41) is 1.71. The minimum Gasteiger partial charge on any atom is -0.493 e. The molecule has 1 aromatic carbocycles. The average Bonchev–Trinajstić information content (AvgIpc) is 3.09. The second-order valence-electron chi connectivity index (χ2n) is 7.44. The predicted octanol–water partition coefficient (Wildman–Crippen LogP) is 3.91. The first-order valence-corrected chi connectivity index (χ1v) is 10.7. The Labute approximate surface area is 180 Å². The summed E-state index contributed by atoms with van der Waals surface area (Å²) in [5.41, 5.74) is 2.03. The molecule has 0 amide bonds. The van der Waals surface area contributed by atoms with Crippen LogP contribution in [-0.4, -0.2) is 62.3 Å². The van der Waals surface area contributed by atoms with Crippen LogP contribution in [-0.2, 0) is 6.42 Å². The van der Waals surface area contributed by atoms with Crippen molar-refractivity contribution in [1.82, 2.24) is 14.9 Å². The summed E-state index contributed by atoms with van der Waals surface area (Å²) in [6, 6.07) is 5.88. The molecule has 2 aromatic heterocycles. The highest BCUT2D eigenvalue weighted by atomic mass is 32.1. The SMILES string of the molecule is [C-]#[N+]c1sc2nc(Cc3ccc(OC)c(OC)c3)nc(N3CCN(C)CC3)c2c1C. The van der Waals surface area contributed by atoms with Gasteiger partial charge in [0.05, 0.1) is 20.8 Å². The molecule has 0 spiro atoms. The van der Waals surface area contributed by atoms with Gasteiger partial charge in [-0.15, -0.1) is 11.3 Å². The number of ether oxygens (including phenoxy) is 2. The van der Waals surface area contributed by atoms with E-state index in [4.69, 9.17) is 26.0 Å². The zero-order valence-electron chi connectivity index (χ0n) is 17.7. The van der Waals surface area contributed by atoms with Crippen LogP contribution in [0.15, 0.2) is 18.2 Å². The van der Waals surface area contributed by atoms with Gasteiger partial charge in [-0.05, 0) is 37.2 Å². The third kappa shape index (κ3) is 3.78. The van der Waals surface area contributed by atoms with Crippen LogP contribution in [0.2, 0.25) is 0 Å². The molecule has 3 heterocycles. The minimum atomic E-state index is 0.585. The monoisotopic (exact) mass is 423 g/mol. The van der Waals surface area contributed by atoms with Crippen LogP contribution in [0, 0.1) is 13.5 Å². The van der Waals surface area contributed by atoms with E-state index >= 15 is 0 Å². The van der Waals surface area contributed by atoms with Gasteiger partial charge in [-0.25, -0.2) is 14.8 Å². The largest absolute Gasteiger partial charge is 0.493 e. The summed E-state index contributed by atoms with van der Waals surface area (Å²) >= 11 is 1.45. The number of hydrogen-bond acceptors (Lipinski definition) is 7. The normalized spacial score (nSPS) is 14.7. The highest BCUT2D eigenvalue weighted by Crippen LogP contribution is 2.41. The number of rotatable bonds is 5. The van der Waals surface area contributed by atoms with E-state index in [-0.39, 0.29) is 0 Å². The Morgan fingerprint density at radius 3 is 2.50 bits per heavy atom. The Balaban J connectivity index is 1.76. The summed E-state index contributed by atoms with van der Waals surface area (Å²) in [6.07, 6.45) is 0.585. The van der Waals surface area contributed by atoms with Gasteiger partial charge in [0.2, 0.25) is 5.00 Å². The number of thiophene rings is 1. The fourth-order valence-corrected chi connectivity index (χ4v) is 4.74. The fourth-order valence-electron chi connectivity index (χ4n) is 3.75. The maximum Gasteiger partial charge on any atom is 0.246 e. The van der Waals surface area contributed by atoms with Gasteiger partial charge in [0.1, 0.15) is 16.5 Å². The Morgan fingerprint density at radius 1 is 1.10 bits per heavy atom. The topological polar surface area (TPSA) is 55.1 Å². The third-order valence-corrected chi connectivity index (χ3v) is 6.59. The van der Waals surface area contributed by atoms with Crippen molar-refractivity contribution in [2.45, 2.75) is 13.3 Å². The Morgan fingerprint density at radius 2 is 1.83 bits per heavy atom. The summed E-state index contributed by atoms with van der Waals surface area (Å²) in [7, 11) is 5.41. The predicted molar refractivity (Wildman–Crippen MR) is 120 cm³/mol. The molecule has 7 nitrogen and oxygen atoms in total. The summed E-state index contributed by atoms with van der Waals surface area (Å²) in [4.78, 5) is 19.0. The first-order chi connectivity index (χ1) is 14.5. The molecule has 1 saturated heterocycles. The number of anilines is 1. The summed E-state index contributed by atoms with van der Waals surface area (Å²) in [6.45, 7) is 13.3. The van der Waals surface area contributed by atoms with Crippen molar-refractivity contribution in [3.63, 3.8) is 0 Å². The number of methoxy groups -OCH3 is 2. The van der Waals surface area contributed by atoms with Crippen molar-refractivity contribution >= 4 is 32.4 Å². The second-order valence-corrected chi connectivity index (χ2v) is 8.42. The zero-order chi connectivity index (χ0) is 21.3. The number of piperazine rings is 1. The van der Waals surface area contributed by atoms with E-state index in [1.54, 1.807) is 14.2 Å². The summed E-state index contributed by atoms with van der Waals surface area (Å²) < 4.78 is 10.8. The van der Waals surface area contributed by atoms with Gasteiger partial charge >= 0.3 is 0 Å². The Bertz CT molecular complexity index is 1110. The van der Waals surface area contributed by atoms with Gasteiger partial charge in [0, 0.05) is 38.0 Å². The van der Waals surface area contributed by atoms with E-state index < -0.39 is 0 Å². The van der Waals surface area contributed by atoms with Crippen molar-refractivity contribution in [2.75, 3.05) is 52.3 Å². The number of aromatic nitrogens is 2. The fraction of sp³-hybridized carbons (Fsp3) is 0.409. The molecule has 8 heteroatoms. The molecule has 0 N–H and O–H groups in total. The van der Waals surface area contributed by atoms with E-state index in [0.717, 1.165) is 59.2 Å². The molecule has 0 saturated carbocycles. The molecule has 30 heavy (non-hydrogen) atoms. The smallest absolute Gasteiger partial charge is 0.246 e. The van der Waals surface area contributed by atoms with Gasteiger partial charge in [-0.2, -0.15) is 0 Å². The second kappa shape index (κ2) is 8.46. The number of likely N-dealkylation sites (N-methyl/N-ethyl adjacent to an activating group) is 1. The van der Waals surface area contributed by atoms with Crippen molar-refractivity contribution in [2.24, 2.45) is 0 Å². The molecule has 156 valence electrons. The van der Waals surface area contributed by atoms with Crippen LogP contribution in [0.5, 0.6) is 11.5 Å². The van der Waals surface area contributed by atoms with Gasteiger partial charge in [0.25, 0.3) is 0 Å².